The molecule has 3 rings (SSSR count). The summed E-state index contributed by atoms with van der Waals surface area (Å²) in [6, 6.07) is 5.96. The lowest BCUT2D eigenvalue weighted by molar-refractivity contribution is 0.171. The van der Waals surface area contributed by atoms with Crippen molar-refractivity contribution < 1.29 is 13.7 Å². The maximum absolute atomic E-state index is 12.6. The van der Waals surface area contributed by atoms with E-state index in [1.807, 2.05) is 25.2 Å². The maximum Gasteiger partial charge on any atom is 0.162 e. The van der Waals surface area contributed by atoms with Crippen LogP contribution >= 0.6 is 0 Å². The SMILES string of the molecule is CNC(CS(=O)c1ccc2c(c1)OCCO2)C1CCCC1. The average molecular weight is 309 g/mol. The summed E-state index contributed by atoms with van der Waals surface area (Å²) in [5.41, 5.74) is 0. The zero-order valence-corrected chi connectivity index (χ0v) is 13.3. The van der Waals surface area contributed by atoms with Crippen molar-refractivity contribution in [2.45, 2.75) is 36.6 Å². The Morgan fingerprint density at radius 2 is 1.95 bits per heavy atom. The van der Waals surface area contributed by atoms with Crippen LogP contribution in [0.15, 0.2) is 23.1 Å². The van der Waals surface area contributed by atoms with Crippen LogP contribution in [0.3, 0.4) is 0 Å². The monoisotopic (exact) mass is 309 g/mol. The molecule has 0 spiro atoms. The van der Waals surface area contributed by atoms with Crippen LogP contribution in [0.25, 0.3) is 0 Å². The van der Waals surface area contributed by atoms with Gasteiger partial charge >= 0.3 is 0 Å². The summed E-state index contributed by atoms with van der Waals surface area (Å²) in [7, 11) is 0.971. The van der Waals surface area contributed by atoms with E-state index in [-0.39, 0.29) is 0 Å². The lowest BCUT2D eigenvalue weighted by atomic mass is 10.0. The number of hydrogen-bond acceptors (Lipinski definition) is 4. The van der Waals surface area contributed by atoms with Crippen molar-refractivity contribution in [2.75, 3.05) is 26.0 Å². The molecule has 1 aliphatic carbocycles. The highest BCUT2D eigenvalue weighted by Crippen LogP contribution is 2.33. The predicted octanol–water partition coefficient (Wildman–Crippen LogP) is 2.34. The van der Waals surface area contributed by atoms with E-state index in [4.69, 9.17) is 9.47 Å². The molecule has 4 nitrogen and oxygen atoms in total. The van der Waals surface area contributed by atoms with Gasteiger partial charge in [0.15, 0.2) is 11.5 Å². The Kier molecular flexibility index (Phi) is 4.80. The van der Waals surface area contributed by atoms with Gasteiger partial charge in [-0.1, -0.05) is 12.8 Å². The van der Waals surface area contributed by atoms with Crippen molar-refractivity contribution in [3.63, 3.8) is 0 Å². The topological polar surface area (TPSA) is 47.6 Å². The Morgan fingerprint density at radius 1 is 1.24 bits per heavy atom. The van der Waals surface area contributed by atoms with Gasteiger partial charge in [0, 0.05) is 22.8 Å². The van der Waals surface area contributed by atoms with Gasteiger partial charge in [-0.25, -0.2) is 0 Å². The molecular formula is C16H23NO3S. The van der Waals surface area contributed by atoms with Crippen LogP contribution in [-0.4, -0.2) is 36.3 Å². The van der Waals surface area contributed by atoms with Crippen LogP contribution in [0.4, 0.5) is 0 Å². The summed E-state index contributed by atoms with van der Waals surface area (Å²) in [4.78, 5) is 0.831. The Labute approximate surface area is 128 Å². The van der Waals surface area contributed by atoms with E-state index in [9.17, 15) is 4.21 Å². The van der Waals surface area contributed by atoms with Gasteiger partial charge in [0.25, 0.3) is 0 Å². The van der Waals surface area contributed by atoms with E-state index in [0.717, 1.165) is 10.6 Å². The smallest absolute Gasteiger partial charge is 0.162 e. The molecular weight excluding hydrogens is 286 g/mol. The van der Waals surface area contributed by atoms with Crippen molar-refractivity contribution in [3.05, 3.63) is 18.2 Å². The predicted molar refractivity (Wildman–Crippen MR) is 83.5 cm³/mol. The van der Waals surface area contributed by atoms with Crippen molar-refractivity contribution in [1.29, 1.82) is 0 Å². The maximum atomic E-state index is 12.6. The number of benzene rings is 1. The Morgan fingerprint density at radius 3 is 2.67 bits per heavy atom. The van der Waals surface area contributed by atoms with Gasteiger partial charge in [-0.2, -0.15) is 0 Å². The number of hydrogen-bond donors (Lipinski definition) is 1. The van der Waals surface area contributed by atoms with Crippen molar-refractivity contribution in [3.8, 4) is 11.5 Å². The molecule has 0 bridgehead atoms. The molecule has 1 N–H and O–H groups in total. The lowest BCUT2D eigenvalue weighted by Crippen LogP contribution is -2.37. The van der Waals surface area contributed by atoms with E-state index in [2.05, 4.69) is 5.32 Å². The van der Waals surface area contributed by atoms with Gasteiger partial charge < -0.3 is 14.8 Å². The Bertz CT molecular complexity index is 514. The summed E-state index contributed by atoms with van der Waals surface area (Å²) >= 11 is 0. The molecule has 1 saturated carbocycles. The van der Waals surface area contributed by atoms with E-state index in [1.165, 1.54) is 25.7 Å². The molecule has 0 amide bonds. The Hall–Kier alpha value is -1.07. The normalized spacial score (nSPS) is 21.2. The second-order valence-electron chi connectivity index (χ2n) is 5.76. The molecule has 0 aromatic heterocycles. The Balaban J connectivity index is 1.69. The van der Waals surface area contributed by atoms with Gasteiger partial charge in [-0.05, 0) is 37.9 Å². The minimum absolute atomic E-state index is 0.335. The highest BCUT2D eigenvalue weighted by atomic mass is 32.2. The first kappa shape index (κ1) is 14.9. The van der Waals surface area contributed by atoms with Crippen LogP contribution in [0, 0.1) is 5.92 Å². The third-order valence-corrected chi connectivity index (χ3v) is 5.89. The largest absolute Gasteiger partial charge is 0.486 e. The first-order valence-corrected chi connectivity index (χ1v) is 9.05. The highest BCUT2D eigenvalue weighted by molar-refractivity contribution is 7.85. The summed E-state index contributed by atoms with van der Waals surface area (Å²) in [5.74, 6) is 2.80. The standard InChI is InChI=1S/C16H23NO3S/c1-17-14(12-4-2-3-5-12)11-21(18)13-6-7-15-16(10-13)20-9-8-19-15/h6-7,10,12,14,17H,2-5,8-9,11H2,1H3. The first-order valence-electron chi connectivity index (χ1n) is 7.73. The van der Waals surface area contributed by atoms with Gasteiger partial charge in [0.2, 0.25) is 0 Å². The third kappa shape index (κ3) is 3.40. The second kappa shape index (κ2) is 6.79. The van der Waals surface area contributed by atoms with Crippen LogP contribution < -0.4 is 14.8 Å². The zero-order chi connectivity index (χ0) is 14.7. The van der Waals surface area contributed by atoms with Gasteiger partial charge in [0.1, 0.15) is 13.2 Å². The summed E-state index contributed by atoms with van der Waals surface area (Å²) in [5, 5.41) is 3.36. The fourth-order valence-corrected chi connectivity index (χ4v) is 4.66. The van der Waals surface area contributed by atoms with Crippen LogP contribution in [0.1, 0.15) is 25.7 Å². The molecule has 1 heterocycles. The van der Waals surface area contributed by atoms with Gasteiger partial charge in [-0.15, -0.1) is 0 Å². The zero-order valence-electron chi connectivity index (χ0n) is 12.5. The van der Waals surface area contributed by atoms with Crippen LogP contribution in [0.5, 0.6) is 11.5 Å². The number of nitrogens with one attached hydrogen (secondary N) is 1. The molecule has 2 unspecified atom stereocenters. The third-order valence-electron chi connectivity index (χ3n) is 4.45. The first-order chi connectivity index (χ1) is 10.3. The molecule has 2 aliphatic rings. The minimum Gasteiger partial charge on any atom is -0.486 e. The van der Waals surface area contributed by atoms with E-state index in [1.54, 1.807) is 0 Å². The number of fused-ring (bicyclic) bond motifs is 1. The molecule has 21 heavy (non-hydrogen) atoms. The quantitative estimate of drug-likeness (QED) is 0.907. The molecule has 2 atom stereocenters. The summed E-state index contributed by atoms with van der Waals surface area (Å²) in [6.07, 6.45) is 5.12. The molecule has 1 fully saturated rings. The molecule has 1 aromatic carbocycles. The van der Waals surface area contributed by atoms with E-state index >= 15 is 0 Å². The minimum atomic E-state index is -1.01. The summed E-state index contributed by atoms with van der Waals surface area (Å²) < 4.78 is 23.7. The van der Waals surface area contributed by atoms with Crippen LogP contribution in [-0.2, 0) is 10.8 Å². The van der Waals surface area contributed by atoms with Crippen molar-refractivity contribution in [1.82, 2.24) is 5.32 Å². The number of rotatable bonds is 5. The summed E-state index contributed by atoms with van der Waals surface area (Å²) in [6.45, 7) is 1.14. The van der Waals surface area contributed by atoms with Crippen molar-refractivity contribution in [2.24, 2.45) is 5.92 Å². The second-order valence-corrected chi connectivity index (χ2v) is 7.25. The fraction of sp³-hybridized carbons (Fsp3) is 0.625. The van der Waals surface area contributed by atoms with E-state index < -0.39 is 10.8 Å². The van der Waals surface area contributed by atoms with Gasteiger partial charge in [-0.3, -0.25) is 4.21 Å². The molecule has 1 aromatic rings. The molecule has 116 valence electrons. The molecule has 0 radical (unpaired) electrons. The van der Waals surface area contributed by atoms with E-state index in [0.29, 0.717) is 36.7 Å². The molecule has 5 heteroatoms. The van der Waals surface area contributed by atoms with Crippen molar-refractivity contribution >= 4 is 10.8 Å². The fourth-order valence-electron chi connectivity index (χ4n) is 3.24. The lowest BCUT2D eigenvalue weighted by Gasteiger charge is -2.23. The van der Waals surface area contributed by atoms with Crippen LogP contribution in [0.2, 0.25) is 0 Å². The van der Waals surface area contributed by atoms with Gasteiger partial charge in [0.05, 0.1) is 10.8 Å². The highest BCUT2D eigenvalue weighted by Gasteiger charge is 2.26. The number of ether oxygens (including phenoxy) is 2. The molecule has 0 saturated heterocycles. The average Bonchev–Trinajstić information content (AvgIpc) is 3.06. The molecule has 1 aliphatic heterocycles.